The van der Waals surface area contributed by atoms with E-state index in [1.807, 2.05) is 30.3 Å². The van der Waals surface area contributed by atoms with Crippen LogP contribution in [0.15, 0.2) is 30.3 Å². The summed E-state index contributed by atoms with van der Waals surface area (Å²) >= 11 is 0. The van der Waals surface area contributed by atoms with Gasteiger partial charge in [0.1, 0.15) is 12.2 Å². The van der Waals surface area contributed by atoms with Crippen molar-refractivity contribution >= 4 is 0 Å². The van der Waals surface area contributed by atoms with E-state index in [-0.39, 0.29) is 18.8 Å². The highest BCUT2D eigenvalue weighted by Crippen LogP contribution is 2.09. The molecule has 1 saturated heterocycles. The Labute approximate surface area is 101 Å². The summed E-state index contributed by atoms with van der Waals surface area (Å²) in [4.78, 5) is 0. The average Bonchev–Trinajstić information content (AvgIpc) is 2.40. The Balaban J connectivity index is 1.68. The van der Waals surface area contributed by atoms with Crippen molar-refractivity contribution in [3.05, 3.63) is 35.9 Å². The van der Waals surface area contributed by atoms with Crippen molar-refractivity contribution in [1.29, 1.82) is 0 Å². The molecule has 0 spiro atoms. The fourth-order valence-corrected chi connectivity index (χ4v) is 1.75. The van der Waals surface area contributed by atoms with Crippen LogP contribution in [-0.2, 0) is 20.8 Å². The van der Waals surface area contributed by atoms with Crippen LogP contribution >= 0.6 is 0 Å². The van der Waals surface area contributed by atoms with Gasteiger partial charge in [-0.15, -0.1) is 0 Å². The molecule has 0 aromatic heterocycles. The van der Waals surface area contributed by atoms with E-state index in [0.717, 1.165) is 5.56 Å². The lowest BCUT2D eigenvalue weighted by molar-refractivity contribution is -0.168. The molecule has 0 unspecified atom stereocenters. The first-order valence-corrected chi connectivity index (χ1v) is 5.84. The van der Waals surface area contributed by atoms with Crippen LogP contribution in [0.1, 0.15) is 5.56 Å². The topological polar surface area (TPSA) is 47.9 Å². The molecule has 4 heteroatoms. The molecular formula is C13H18O4. The molecule has 1 aromatic carbocycles. The number of rotatable bonds is 5. The van der Waals surface area contributed by atoms with Gasteiger partial charge < -0.3 is 19.3 Å². The summed E-state index contributed by atoms with van der Waals surface area (Å²) in [5, 5.41) is 8.97. The molecular weight excluding hydrogens is 220 g/mol. The molecule has 2 atom stereocenters. The molecule has 0 amide bonds. The number of benzene rings is 1. The molecule has 4 nitrogen and oxygen atoms in total. The van der Waals surface area contributed by atoms with Gasteiger partial charge in [-0.3, -0.25) is 0 Å². The second kappa shape index (κ2) is 6.71. The van der Waals surface area contributed by atoms with Gasteiger partial charge in [-0.25, -0.2) is 0 Å². The molecule has 17 heavy (non-hydrogen) atoms. The van der Waals surface area contributed by atoms with Gasteiger partial charge in [0, 0.05) is 0 Å². The molecule has 1 aliphatic heterocycles. The van der Waals surface area contributed by atoms with Gasteiger partial charge in [0.15, 0.2) is 0 Å². The maximum absolute atomic E-state index is 8.97. The number of hydrogen-bond donors (Lipinski definition) is 1. The van der Waals surface area contributed by atoms with Crippen LogP contribution in [0.3, 0.4) is 0 Å². The number of aliphatic hydroxyl groups is 1. The van der Waals surface area contributed by atoms with Crippen molar-refractivity contribution in [1.82, 2.24) is 0 Å². The molecule has 1 aromatic rings. The lowest BCUT2D eigenvalue weighted by Crippen LogP contribution is -2.40. The van der Waals surface area contributed by atoms with E-state index in [0.29, 0.717) is 26.4 Å². The predicted molar refractivity (Wildman–Crippen MR) is 62.7 cm³/mol. The first kappa shape index (κ1) is 12.5. The third-order valence-corrected chi connectivity index (χ3v) is 2.61. The van der Waals surface area contributed by atoms with Gasteiger partial charge in [0.2, 0.25) is 0 Å². The van der Waals surface area contributed by atoms with Crippen LogP contribution in [0, 0.1) is 0 Å². The molecule has 94 valence electrons. The van der Waals surface area contributed by atoms with E-state index >= 15 is 0 Å². The Morgan fingerprint density at radius 1 is 1.18 bits per heavy atom. The monoisotopic (exact) mass is 238 g/mol. The maximum Gasteiger partial charge on any atom is 0.105 e. The summed E-state index contributed by atoms with van der Waals surface area (Å²) in [6.45, 7) is 2.06. The van der Waals surface area contributed by atoms with Gasteiger partial charge in [-0.2, -0.15) is 0 Å². The third kappa shape index (κ3) is 4.09. The molecule has 1 N–H and O–H groups in total. The van der Waals surface area contributed by atoms with Crippen molar-refractivity contribution in [3.8, 4) is 0 Å². The van der Waals surface area contributed by atoms with Crippen molar-refractivity contribution in [2.45, 2.75) is 18.8 Å². The zero-order chi connectivity index (χ0) is 11.9. The Hall–Kier alpha value is -0.940. The molecule has 0 bridgehead atoms. The molecule has 0 aliphatic carbocycles. The molecule has 0 saturated carbocycles. The van der Waals surface area contributed by atoms with E-state index < -0.39 is 0 Å². The second-order valence-corrected chi connectivity index (χ2v) is 4.10. The Morgan fingerprint density at radius 3 is 2.71 bits per heavy atom. The lowest BCUT2D eigenvalue weighted by Gasteiger charge is -2.28. The van der Waals surface area contributed by atoms with Crippen LogP contribution in [0.2, 0.25) is 0 Å². The largest absolute Gasteiger partial charge is 0.394 e. The van der Waals surface area contributed by atoms with Gasteiger partial charge >= 0.3 is 0 Å². The van der Waals surface area contributed by atoms with Crippen LogP contribution in [-0.4, -0.2) is 43.7 Å². The summed E-state index contributed by atoms with van der Waals surface area (Å²) in [7, 11) is 0. The van der Waals surface area contributed by atoms with E-state index in [9.17, 15) is 0 Å². The van der Waals surface area contributed by atoms with Crippen LogP contribution in [0.4, 0.5) is 0 Å². The first-order chi connectivity index (χ1) is 8.38. The van der Waals surface area contributed by atoms with Gasteiger partial charge in [0.25, 0.3) is 0 Å². The normalized spacial score (nSPS) is 24.8. The fraction of sp³-hybridized carbons (Fsp3) is 0.538. The zero-order valence-electron chi connectivity index (χ0n) is 9.75. The predicted octanol–water partition coefficient (Wildman–Crippen LogP) is 0.979. The Kier molecular flexibility index (Phi) is 4.94. The molecule has 0 radical (unpaired) electrons. The van der Waals surface area contributed by atoms with Gasteiger partial charge in [-0.05, 0) is 5.56 Å². The molecule has 1 fully saturated rings. The molecule has 1 aliphatic rings. The molecule has 1 heterocycles. The van der Waals surface area contributed by atoms with Gasteiger partial charge in [0.05, 0.1) is 33.0 Å². The third-order valence-electron chi connectivity index (χ3n) is 2.61. The minimum absolute atomic E-state index is 0.00478. The Morgan fingerprint density at radius 2 is 1.94 bits per heavy atom. The highest BCUT2D eigenvalue weighted by Gasteiger charge is 2.22. The van der Waals surface area contributed by atoms with Crippen LogP contribution < -0.4 is 0 Å². The van der Waals surface area contributed by atoms with Crippen molar-refractivity contribution in [2.24, 2.45) is 0 Å². The van der Waals surface area contributed by atoms with E-state index in [1.54, 1.807) is 0 Å². The standard InChI is InChI=1S/C13H18O4/c14-6-12-8-16-10-13(17-12)9-15-7-11-4-2-1-3-5-11/h1-5,12-14H,6-10H2/t12-,13+/m0/s1. The smallest absolute Gasteiger partial charge is 0.105 e. The first-order valence-electron chi connectivity index (χ1n) is 5.84. The van der Waals surface area contributed by atoms with Crippen molar-refractivity contribution < 1.29 is 19.3 Å². The number of ether oxygens (including phenoxy) is 3. The maximum atomic E-state index is 8.97. The lowest BCUT2D eigenvalue weighted by atomic mass is 10.2. The van der Waals surface area contributed by atoms with Crippen molar-refractivity contribution in [3.63, 3.8) is 0 Å². The van der Waals surface area contributed by atoms with Crippen LogP contribution in [0.25, 0.3) is 0 Å². The van der Waals surface area contributed by atoms with E-state index in [1.165, 1.54) is 0 Å². The quantitative estimate of drug-likeness (QED) is 0.830. The average molecular weight is 238 g/mol. The highest BCUT2D eigenvalue weighted by molar-refractivity contribution is 5.13. The Bertz CT molecular complexity index is 314. The second-order valence-electron chi connectivity index (χ2n) is 4.10. The minimum atomic E-state index is -0.214. The summed E-state index contributed by atoms with van der Waals surface area (Å²) < 4.78 is 16.5. The zero-order valence-corrected chi connectivity index (χ0v) is 9.75. The summed E-state index contributed by atoms with van der Waals surface area (Å²) in [5.74, 6) is 0. The highest BCUT2D eigenvalue weighted by atomic mass is 16.6. The van der Waals surface area contributed by atoms with Crippen LogP contribution in [0.5, 0.6) is 0 Å². The van der Waals surface area contributed by atoms with E-state index in [4.69, 9.17) is 19.3 Å². The summed E-state index contributed by atoms with van der Waals surface area (Å²) in [6, 6.07) is 10.00. The van der Waals surface area contributed by atoms with E-state index in [2.05, 4.69) is 0 Å². The summed E-state index contributed by atoms with van der Waals surface area (Å²) in [5.41, 5.74) is 1.14. The SMILES string of the molecule is OC[C@H]1COC[C@@H](COCc2ccccc2)O1. The van der Waals surface area contributed by atoms with Gasteiger partial charge in [-0.1, -0.05) is 30.3 Å². The van der Waals surface area contributed by atoms with Crippen molar-refractivity contribution in [2.75, 3.05) is 26.4 Å². The summed E-state index contributed by atoms with van der Waals surface area (Å²) in [6.07, 6.45) is -0.293. The minimum Gasteiger partial charge on any atom is -0.394 e. The fourth-order valence-electron chi connectivity index (χ4n) is 1.75. The molecule has 2 rings (SSSR count). The number of aliphatic hydroxyl groups excluding tert-OH is 1. The number of hydrogen-bond acceptors (Lipinski definition) is 4.